The first-order valence-corrected chi connectivity index (χ1v) is 4.52. The maximum absolute atomic E-state index is 5.26. The van der Waals surface area contributed by atoms with Gasteiger partial charge in [0.2, 0.25) is 0 Å². The lowest BCUT2D eigenvalue weighted by Gasteiger charge is -2.17. The molecule has 0 amide bonds. The van der Waals surface area contributed by atoms with Crippen molar-refractivity contribution in [2.75, 3.05) is 27.2 Å². The van der Waals surface area contributed by atoms with Crippen LogP contribution in [0, 0.1) is 12.3 Å². The normalized spacial score (nSPS) is 12.9. The van der Waals surface area contributed by atoms with Gasteiger partial charge < -0.3 is 10.2 Å². The lowest BCUT2D eigenvalue weighted by atomic mass is 10.1. The van der Waals surface area contributed by atoms with E-state index < -0.39 is 0 Å². The Balaban J connectivity index is 3.56. The van der Waals surface area contributed by atoms with Crippen LogP contribution in [0.3, 0.4) is 0 Å². The summed E-state index contributed by atoms with van der Waals surface area (Å²) in [6.45, 7) is 4.21. The summed E-state index contributed by atoms with van der Waals surface area (Å²) < 4.78 is 0. The molecule has 0 aliphatic heterocycles. The molecule has 1 atom stereocenters. The quantitative estimate of drug-likeness (QED) is 0.594. The zero-order valence-electron chi connectivity index (χ0n) is 8.43. The van der Waals surface area contributed by atoms with E-state index in [2.05, 4.69) is 37.2 Å². The van der Waals surface area contributed by atoms with Crippen molar-refractivity contribution in [3.63, 3.8) is 0 Å². The molecule has 0 saturated heterocycles. The molecule has 0 rings (SSSR count). The van der Waals surface area contributed by atoms with Gasteiger partial charge in [0.1, 0.15) is 0 Å². The molecular weight excluding hydrogens is 148 g/mol. The topological polar surface area (TPSA) is 15.3 Å². The van der Waals surface area contributed by atoms with Gasteiger partial charge >= 0.3 is 0 Å². The fourth-order valence-electron chi connectivity index (χ4n) is 1.12. The summed E-state index contributed by atoms with van der Waals surface area (Å²) in [6, 6.07) is 0.488. The predicted octanol–water partition coefficient (Wildman–Crippen LogP) is 0.940. The van der Waals surface area contributed by atoms with E-state index in [0.29, 0.717) is 6.04 Å². The minimum absolute atomic E-state index is 0.488. The molecule has 0 radical (unpaired) electrons. The molecular formula is C10H20N2. The molecule has 0 aromatic carbocycles. The predicted molar refractivity (Wildman–Crippen MR) is 54.1 cm³/mol. The van der Waals surface area contributed by atoms with Gasteiger partial charge in [0.05, 0.1) is 0 Å². The van der Waals surface area contributed by atoms with Crippen LogP contribution in [0.2, 0.25) is 0 Å². The van der Waals surface area contributed by atoms with Gasteiger partial charge in [0, 0.05) is 12.5 Å². The Morgan fingerprint density at radius 1 is 1.50 bits per heavy atom. The Bertz CT molecular complexity index is 135. The van der Waals surface area contributed by atoms with Crippen LogP contribution in [0.25, 0.3) is 0 Å². The molecule has 0 saturated carbocycles. The smallest absolute Gasteiger partial charge is 0.0241 e. The summed E-state index contributed by atoms with van der Waals surface area (Å²) in [6.07, 6.45) is 7.23. The molecule has 0 aliphatic rings. The number of rotatable bonds is 6. The monoisotopic (exact) mass is 168 g/mol. The highest BCUT2D eigenvalue weighted by Crippen LogP contribution is 1.97. The Labute approximate surface area is 76.3 Å². The molecule has 0 heterocycles. The first-order chi connectivity index (χ1) is 5.70. The van der Waals surface area contributed by atoms with E-state index in [-0.39, 0.29) is 0 Å². The number of nitrogens with one attached hydrogen (secondary N) is 1. The van der Waals surface area contributed by atoms with Gasteiger partial charge in [0.25, 0.3) is 0 Å². The maximum atomic E-state index is 5.26. The van der Waals surface area contributed by atoms with E-state index >= 15 is 0 Å². The van der Waals surface area contributed by atoms with Crippen molar-refractivity contribution >= 4 is 0 Å². The van der Waals surface area contributed by atoms with Gasteiger partial charge in [-0.1, -0.05) is 6.92 Å². The molecule has 12 heavy (non-hydrogen) atoms. The largest absolute Gasteiger partial charge is 0.313 e. The minimum atomic E-state index is 0.488. The van der Waals surface area contributed by atoms with E-state index in [1.54, 1.807) is 0 Å². The zero-order chi connectivity index (χ0) is 9.40. The van der Waals surface area contributed by atoms with Gasteiger partial charge in [-0.25, -0.2) is 0 Å². The average Bonchev–Trinajstić information content (AvgIpc) is 2.01. The van der Waals surface area contributed by atoms with Crippen molar-refractivity contribution in [3.05, 3.63) is 0 Å². The van der Waals surface area contributed by atoms with Crippen molar-refractivity contribution in [2.24, 2.45) is 0 Å². The van der Waals surface area contributed by atoms with E-state index in [1.165, 1.54) is 0 Å². The van der Waals surface area contributed by atoms with Crippen molar-refractivity contribution in [1.82, 2.24) is 10.2 Å². The van der Waals surface area contributed by atoms with E-state index in [9.17, 15) is 0 Å². The highest BCUT2D eigenvalue weighted by molar-refractivity contribution is 4.89. The van der Waals surface area contributed by atoms with E-state index in [1.807, 2.05) is 0 Å². The van der Waals surface area contributed by atoms with Gasteiger partial charge in [-0.05, 0) is 33.6 Å². The van der Waals surface area contributed by atoms with Gasteiger partial charge in [0.15, 0.2) is 0 Å². The Kier molecular flexibility index (Phi) is 6.84. The molecule has 70 valence electrons. The maximum Gasteiger partial charge on any atom is 0.0241 e. The second kappa shape index (κ2) is 7.15. The summed E-state index contributed by atoms with van der Waals surface area (Å²) in [5.41, 5.74) is 0. The molecule has 0 fully saturated rings. The van der Waals surface area contributed by atoms with Gasteiger partial charge in [-0.3, -0.25) is 0 Å². The van der Waals surface area contributed by atoms with Crippen LogP contribution in [-0.2, 0) is 0 Å². The minimum Gasteiger partial charge on any atom is -0.313 e. The van der Waals surface area contributed by atoms with Crippen molar-refractivity contribution < 1.29 is 0 Å². The number of nitrogens with zero attached hydrogens (tertiary/aromatic N) is 1. The molecule has 0 aliphatic carbocycles. The van der Waals surface area contributed by atoms with Gasteiger partial charge in [-0.2, -0.15) is 0 Å². The van der Waals surface area contributed by atoms with Crippen LogP contribution >= 0.6 is 0 Å². The van der Waals surface area contributed by atoms with E-state index in [0.717, 1.165) is 25.9 Å². The third-order valence-electron chi connectivity index (χ3n) is 1.78. The second-order valence-corrected chi connectivity index (χ2v) is 3.25. The van der Waals surface area contributed by atoms with Crippen LogP contribution in [0.4, 0.5) is 0 Å². The van der Waals surface area contributed by atoms with Crippen LogP contribution < -0.4 is 5.32 Å². The molecule has 1 N–H and O–H groups in total. The van der Waals surface area contributed by atoms with Crippen LogP contribution in [0.15, 0.2) is 0 Å². The highest BCUT2D eigenvalue weighted by atomic mass is 15.1. The summed E-state index contributed by atoms with van der Waals surface area (Å²) >= 11 is 0. The molecule has 2 heteroatoms. The van der Waals surface area contributed by atoms with Crippen LogP contribution in [0.5, 0.6) is 0 Å². The van der Waals surface area contributed by atoms with Crippen molar-refractivity contribution in [3.8, 4) is 12.3 Å². The summed E-state index contributed by atoms with van der Waals surface area (Å²) in [7, 11) is 4.16. The fourth-order valence-corrected chi connectivity index (χ4v) is 1.12. The number of terminal acetylenes is 1. The second-order valence-electron chi connectivity index (χ2n) is 3.25. The number of hydrogen-bond donors (Lipinski definition) is 1. The fraction of sp³-hybridized carbons (Fsp3) is 0.800. The van der Waals surface area contributed by atoms with Crippen molar-refractivity contribution in [1.29, 1.82) is 0 Å². The summed E-state index contributed by atoms with van der Waals surface area (Å²) in [5, 5.41) is 3.37. The third-order valence-corrected chi connectivity index (χ3v) is 1.78. The lowest BCUT2D eigenvalue weighted by molar-refractivity contribution is 0.362. The molecule has 0 aromatic rings. The van der Waals surface area contributed by atoms with Crippen LogP contribution in [-0.4, -0.2) is 38.1 Å². The average molecular weight is 168 g/mol. The number of hydrogen-bond acceptors (Lipinski definition) is 2. The first-order valence-electron chi connectivity index (χ1n) is 4.52. The van der Waals surface area contributed by atoms with Crippen LogP contribution in [0.1, 0.15) is 19.8 Å². The Morgan fingerprint density at radius 2 is 2.17 bits per heavy atom. The molecule has 0 aromatic heterocycles. The standard InChI is InChI=1S/C10H20N2/c1-5-7-10(11-6-2)8-9-12(3)4/h1,10-11H,6-9H2,2-4H3. The molecule has 0 bridgehead atoms. The zero-order valence-corrected chi connectivity index (χ0v) is 8.43. The summed E-state index contributed by atoms with van der Waals surface area (Å²) in [4.78, 5) is 2.18. The van der Waals surface area contributed by atoms with Gasteiger partial charge in [-0.15, -0.1) is 12.3 Å². The lowest BCUT2D eigenvalue weighted by Crippen LogP contribution is -2.31. The summed E-state index contributed by atoms with van der Waals surface area (Å²) in [5.74, 6) is 2.70. The molecule has 1 unspecified atom stereocenters. The molecule has 2 nitrogen and oxygen atoms in total. The van der Waals surface area contributed by atoms with Crippen molar-refractivity contribution in [2.45, 2.75) is 25.8 Å². The Hall–Kier alpha value is -0.520. The molecule has 0 spiro atoms. The van der Waals surface area contributed by atoms with E-state index in [4.69, 9.17) is 6.42 Å². The third kappa shape index (κ3) is 6.21. The highest BCUT2D eigenvalue weighted by Gasteiger charge is 2.04. The SMILES string of the molecule is C#CCC(CCN(C)C)NCC. The first kappa shape index (κ1) is 11.5. The Morgan fingerprint density at radius 3 is 2.58 bits per heavy atom.